The lowest BCUT2D eigenvalue weighted by Crippen LogP contribution is -2.47. The first-order valence-corrected chi connectivity index (χ1v) is 8.76. The van der Waals surface area contributed by atoms with Gasteiger partial charge in [-0.05, 0) is 29.9 Å². The number of nitro benzene ring substituents is 1. The maximum absolute atomic E-state index is 11.9. The molecule has 2 aromatic rings. The van der Waals surface area contributed by atoms with Crippen LogP contribution in [-0.4, -0.2) is 28.4 Å². The van der Waals surface area contributed by atoms with Gasteiger partial charge in [0, 0.05) is 37.2 Å². The molecule has 0 unspecified atom stereocenters. The third-order valence-electron chi connectivity index (χ3n) is 3.59. The first kappa shape index (κ1) is 20.8. The smallest absolute Gasteiger partial charge is 0.269 e. The van der Waals surface area contributed by atoms with Crippen molar-refractivity contribution >= 4 is 34.8 Å². The number of carbonyl (C=O) groups excluding carboxylic acids is 2. The molecule has 0 saturated heterocycles. The van der Waals surface area contributed by atoms with E-state index in [-0.39, 0.29) is 35.2 Å². The summed E-state index contributed by atoms with van der Waals surface area (Å²) in [4.78, 5) is 33.8. The summed E-state index contributed by atoms with van der Waals surface area (Å²) in [5, 5.41) is 16.4. The molecule has 0 atom stereocenters. The fourth-order valence-electron chi connectivity index (χ4n) is 2.14. The summed E-state index contributed by atoms with van der Waals surface area (Å²) in [6.45, 7) is 0.626. The summed E-state index contributed by atoms with van der Waals surface area (Å²) in [5.41, 5.74) is 6.24. The maximum Gasteiger partial charge on any atom is 0.269 e. The summed E-state index contributed by atoms with van der Waals surface area (Å²) in [5.74, 6) is -0.774. The number of carbonyl (C=O) groups is 2. The molecule has 0 fully saturated rings. The number of amides is 2. The van der Waals surface area contributed by atoms with Crippen LogP contribution in [0.3, 0.4) is 0 Å². The molecule has 10 heteroatoms. The zero-order valence-electron chi connectivity index (χ0n) is 14.8. The molecular weight excluding hydrogens is 382 g/mol. The number of hydrogen-bond acceptors (Lipinski definition) is 5. The van der Waals surface area contributed by atoms with Gasteiger partial charge in [0.05, 0.1) is 4.92 Å². The number of hydrazine groups is 1. The van der Waals surface area contributed by atoms with Gasteiger partial charge >= 0.3 is 0 Å². The highest BCUT2D eigenvalue weighted by molar-refractivity contribution is 7.80. The predicted octanol–water partition coefficient (Wildman–Crippen LogP) is 1.41. The molecule has 0 bridgehead atoms. The van der Waals surface area contributed by atoms with Gasteiger partial charge in [0.2, 0.25) is 5.91 Å². The summed E-state index contributed by atoms with van der Waals surface area (Å²) in [6, 6.07) is 14.8. The molecule has 0 radical (unpaired) electrons. The second kappa shape index (κ2) is 10.6. The van der Waals surface area contributed by atoms with Crippen LogP contribution in [0.2, 0.25) is 0 Å². The molecule has 0 aliphatic rings. The van der Waals surface area contributed by atoms with Gasteiger partial charge in [-0.3, -0.25) is 30.6 Å². The molecule has 4 N–H and O–H groups in total. The molecule has 2 amide bonds. The Bertz CT molecular complexity index is 843. The summed E-state index contributed by atoms with van der Waals surface area (Å²) in [7, 11) is 0. The average Bonchev–Trinajstić information content (AvgIpc) is 2.71. The van der Waals surface area contributed by atoms with Crippen molar-refractivity contribution in [1.82, 2.24) is 21.5 Å². The van der Waals surface area contributed by atoms with Gasteiger partial charge in [-0.1, -0.05) is 30.3 Å². The number of nitrogens with zero attached hydrogens (tertiary/aromatic N) is 1. The number of hydrogen-bond donors (Lipinski definition) is 4. The number of nitro groups is 1. The molecular formula is C18H19N5O4S. The van der Waals surface area contributed by atoms with E-state index in [0.29, 0.717) is 6.54 Å². The van der Waals surface area contributed by atoms with Crippen LogP contribution in [0.25, 0.3) is 0 Å². The number of benzene rings is 2. The van der Waals surface area contributed by atoms with Crippen LogP contribution in [0, 0.1) is 10.1 Å². The van der Waals surface area contributed by atoms with E-state index in [0.717, 1.165) is 5.56 Å². The van der Waals surface area contributed by atoms with Crippen molar-refractivity contribution in [3.8, 4) is 0 Å². The summed E-state index contributed by atoms with van der Waals surface area (Å²) in [6.07, 6.45) is 0.0347. The van der Waals surface area contributed by atoms with Crippen molar-refractivity contribution in [2.24, 2.45) is 0 Å². The second-order valence-corrected chi connectivity index (χ2v) is 6.06. The van der Waals surface area contributed by atoms with E-state index in [4.69, 9.17) is 12.2 Å². The predicted molar refractivity (Wildman–Crippen MR) is 107 cm³/mol. The third kappa shape index (κ3) is 7.00. The zero-order valence-corrected chi connectivity index (χ0v) is 15.6. The Morgan fingerprint density at radius 3 is 2.29 bits per heavy atom. The van der Waals surface area contributed by atoms with Crippen LogP contribution < -0.4 is 21.5 Å². The lowest BCUT2D eigenvalue weighted by Gasteiger charge is -2.12. The molecule has 0 aliphatic heterocycles. The maximum atomic E-state index is 11.9. The Kier molecular flexibility index (Phi) is 7.85. The molecule has 28 heavy (non-hydrogen) atoms. The highest BCUT2D eigenvalue weighted by Gasteiger charge is 2.10. The number of nitrogens with one attached hydrogen (secondary N) is 4. The van der Waals surface area contributed by atoms with Crippen LogP contribution in [0.4, 0.5) is 5.69 Å². The molecule has 2 aromatic carbocycles. The lowest BCUT2D eigenvalue weighted by molar-refractivity contribution is -0.384. The molecule has 0 heterocycles. The lowest BCUT2D eigenvalue weighted by atomic mass is 10.2. The Hall–Kier alpha value is -3.53. The highest BCUT2D eigenvalue weighted by atomic mass is 32.1. The highest BCUT2D eigenvalue weighted by Crippen LogP contribution is 2.11. The van der Waals surface area contributed by atoms with Crippen molar-refractivity contribution in [3.05, 3.63) is 75.8 Å². The van der Waals surface area contributed by atoms with Crippen LogP contribution in [-0.2, 0) is 11.3 Å². The van der Waals surface area contributed by atoms with Gasteiger partial charge in [0.25, 0.3) is 11.6 Å². The Labute approximate surface area is 166 Å². The van der Waals surface area contributed by atoms with Gasteiger partial charge in [-0.2, -0.15) is 0 Å². The summed E-state index contributed by atoms with van der Waals surface area (Å²) < 4.78 is 0. The molecule has 0 aromatic heterocycles. The van der Waals surface area contributed by atoms with Crippen LogP contribution in [0.1, 0.15) is 22.3 Å². The van der Waals surface area contributed by atoms with Crippen molar-refractivity contribution in [1.29, 1.82) is 0 Å². The Morgan fingerprint density at radius 1 is 0.964 bits per heavy atom. The van der Waals surface area contributed by atoms with Crippen molar-refractivity contribution in [2.45, 2.75) is 13.0 Å². The number of non-ortho nitro benzene ring substituents is 1. The topological polar surface area (TPSA) is 125 Å². The van der Waals surface area contributed by atoms with Crippen LogP contribution >= 0.6 is 12.2 Å². The molecule has 146 valence electrons. The fourth-order valence-corrected chi connectivity index (χ4v) is 2.26. The average molecular weight is 401 g/mol. The Balaban J connectivity index is 1.63. The van der Waals surface area contributed by atoms with E-state index in [9.17, 15) is 19.7 Å². The third-order valence-corrected chi connectivity index (χ3v) is 3.84. The van der Waals surface area contributed by atoms with Crippen molar-refractivity contribution in [3.63, 3.8) is 0 Å². The first-order chi connectivity index (χ1) is 13.5. The molecule has 0 saturated carbocycles. The van der Waals surface area contributed by atoms with Crippen molar-refractivity contribution < 1.29 is 14.5 Å². The van der Waals surface area contributed by atoms with Crippen LogP contribution in [0.5, 0.6) is 0 Å². The van der Waals surface area contributed by atoms with Crippen molar-refractivity contribution in [2.75, 3.05) is 6.54 Å². The van der Waals surface area contributed by atoms with E-state index < -0.39 is 10.8 Å². The largest absolute Gasteiger partial charge is 0.357 e. The quantitative estimate of drug-likeness (QED) is 0.314. The molecule has 0 spiro atoms. The van der Waals surface area contributed by atoms with Gasteiger partial charge in [-0.25, -0.2) is 0 Å². The van der Waals surface area contributed by atoms with Gasteiger partial charge in [0.15, 0.2) is 5.11 Å². The van der Waals surface area contributed by atoms with Gasteiger partial charge in [-0.15, -0.1) is 0 Å². The minimum Gasteiger partial charge on any atom is -0.357 e. The molecule has 0 aliphatic carbocycles. The van der Waals surface area contributed by atoms with Crippen LogP contribution in [0.15, 0.2) is 54.6 Å². The van der Waals surface area contributed by atoms with E-state index in [2.05, 4.69) is 21.5 Å². The monoisotopic (exact) mass is 401 g/mol. The Morgan fingerprint density at radius 2 is 1.64 bits per heavy atom. The SMILES string of the molecule is O=C(CCNC(=O)c1ccc([N+](=O)[O-])cc1)NNC(=S)NCc1ccccc1. The van der Waals surface area contributed by atoms with Gasteiger partial charge in [0.1, 0.15) is 0 Å². The van der Waals surface area contributed by atoms with Gasteiger partial charge < -0.3 is 10.6 Å². The number of rotatable bonds is 7. The molecule has 2 rings (SSSR count). The molecule has 9 nitrogen and oxygen atoms in total. The number of thiocarbonyl (C=S) groups is 1. The minimum absolute atomic E-state index is 0.0347. The zero-order chi connectivity index (χ0) is 20.4. The van der Waals surface area contributed by atoms with E-state index in [1.165, 1.54) is 24.3 Å². The normalized spacial score (nSPS) is 9.86. The second-order valence-electron chi connectivity index (χ2n) is 5.65. The first-order valence-electron chi connectivity index (χ1n) is 8.35. The fraction of sp³-hybridized carbons (Fsp3) is 0.167. The van der Waals surface area contributed by atoms with E-state index in [1.54, 1.807) is 0 Å². The standard InChI is InChI=1S/C18H19N5O4S/c24-16(21-22-18(28)20-12-13-4-2-1-3-5-13)10-11-19-17(25)14-6-8-15(9-7-14)23(26)27/h1-9H,10-12H2,(H,19,25)(H,21,24)(H2,20,22,28). The summed E-state index contributed by atoms with van der Waals surface area (Å²) >= 11 is 5.06. The van der Waals surface area contributed by atoms with E-state index in [1.807, 2.05) is 30.3 Å². The minimum atomic E-state index is -0.543. The van der Waals surface area contributed by atoms with E-state index >= 15 is 0 Å².